The van der Waals surface area contributed by atoms with E-state index >= 15 is 0 Å². The fraction of sp³-hybridized carbons (Fsp3) is 0. The number of halogens is 3. The summed E-state index contributed by atoms with van der Waals surface area (Å²) >= 11 is 0. The van der Waals surface area contributed by atoms with Crippen LogP contribution in [0.5, 0.6) is 0 Å². The molecule has 19 heavy (non-hydrogen) atoms. The summed E-state index contributed by atoms with van der Waals surface area (Å²) in [5.41, 5.74) is 6.00. The highest BCUT2D eigenvalue weighted by Crippen LogP contribution is 2.25. The summed E-state index contributed by atoms with van der Waals surface area (Å²) < 4.78 is 39.4. The van der Waals surface area contributed by atoms with Crippen LogP contribution in [0.25, 0.3) is 0 Å². The van der Waals surface area contributed by atoms with Crippen LogP contribution in [0, 0.1) is 28.8 Å². The molecule has 2 aromatic carbocycles. The van der Waals surface area contributed by atoms with Crippen molar-refractivity contribution < 1.29 is 13.2 Å². The van der Waals surface area contributed by atoms with Crippen LogP contribution >= 0.6 is 0 Å². The maximum absolute atomic E-state index is 13.4. The zero-order chi connectivity index (χ0) is 14.0. The van der Waals surface area contributed by atoms with Crippen LogP contribution in [0.2, 0.25) is 0 Å². The number of anilines is 3. The van der Waals surface area contributed by atoms with Gasteiger partial charge in [0, 0.05) is 17.8 Å². The first-order chi connectivity index (χ1) is 9.01. The summed E-state index contributed by atoms with van der Waals surface area (Å²) in [4.78, 5) is 0. The summed E-state index contributed by atoms with van der Waals surface area (Å²) in [7, 11) is 0. The summed E-state index contributed by atoms with van der Waals surface area (Å²) in [6, 6.07) is 7.40. The molecule has 3 N–H and O–H groups in total. The van der Waals surface area contributed by atoms with Gasteiger partial charge in [-0.2, -0.15) is 5.26 Å². The summed E-state index contributed by atoms with van der Waals surface area (Å²) in [6.45, 7) is 0. The number of benzene rings is 2. The average molecular weight is 263 g/mol. The Balaban J connectivity index is 2.37. The van der Waals surface area contributed by atoms with Gasteiger partial charge in [0.25, 0.3) is 0 Å². The lowest BCUT2D eigenvalue weighted by Crippen LogP contribution is -1.99. The third-order valence-electron chi connectivity index (χ3n) is 2.44. The third kappa shape index (κ3) is 2.60. The largest absolute Gasteiger partial charge is 0.398 e. The fourth-order valence-corrected chi connectivity index (χ4v) is 1.54. The van der Waals surface area contributed by atoms with E-state index in [2.05, 4.69) is 5.32 Å². The Morgan fingerprint density at radius 2 is 1.84 bits per heavy atom. The third-order valence-corrected chi connectivity index (χ3v) is 2.44. The number of rotatable bonds is 2. The molecule has 3 nitrogen and oxygen atoms in total. The maximum atomic E-state index is 13.4. The average Bonchev–Trinajstić information content (AvgIpc) is 2.35. The van der Waals surface area contributed by atoms with Gasteiger partial charge in [-0.15, -0.1) is 0 Å². The van der Waals surface area contributed by atoms with Crippen molar-refractivity contribution in [3.8, 4) is 6.07 Å². The molecular weight excluding hydrogens is 255 g/mol. The second kappa shape index (κ2) is 4.90. The Hall–Kier alpha value is -2.68. The van der Waals surface area contributed by atoms with Gasteiger partial charge in [-0.05, 0) is 18.2 Å². The Labute approximate surface area is 107 Å². The van der Waals surface area contributed by atoms with E-state index in [1.165, 1.54) is 18.2 Å². The van der Waals surface area contributed by atoms with Crippen molar-refractivity contribution in [1.82, 2.24) is 0 Å². The predicted octanol–water partition coefficient (Wildman–Crippen LogP) is 3.30. The van der Waals surface area contributed by atoms with Crippen LogP contribution in [-0.2, 0) is 0 Å². The van der Waals surface area contributed by atoms with Crippen LogP contribution in [0.15, 0.2) is 30.3 Å². The summed E-state index contributed by atoms with van der Waals surface area (Å²) in [5.74, 6) is -3.38. The maximum Gasteiger partial charge on any atom is 0.182 e. The molecule has 0 saturated heterocycles. The fourth-order valence-electron chi connectivity index (χ4n) is 1.54. The van der Waals surface area contributed by atoms with Crippen molar-refractivity contribution in [1.29, 1.82) is 5.26 Å². The molecule has 0 radical (unpaired) electrons. The number of nitrogen functional groups attached to an aromatic ring is 1. The molecule has 0 aliphatic rings. The van der Waals surface area contributed by atoms with E-state index in [9.17, 15) is 13.2 Å². The van der Waals surface area contributed by atoms with Gasteiger partial charge in [-0.25, -0.2) is 13.2 Å². The number of nitrogens with two attached hydrogens (primary N) is 1. The van der Waals surface area contributed by atoms with Crippen molar-refractivity contribution in [2.45, 2.75) is 0 Å². The minimum atomic E-state index is -1.29. The van der Waals surface area contributed by atoms with E-state index < -0.39 is 17.5 Å². The number of nitrogens with one attached hydrogen (secondary N) is 1. The Kier molecular flexibility index (Phi) is 3.29. The molecule has 0 saturated carbocycles. The number of nitriles is 1. The molecule has 0 aromatic heterocycles. The molecule has 0 heterocycles. The molecule has 0 aliphatic carbocycles. The van der Waals surface area contributed by atoms with Gasteiger partial charge in [0.2, 0.25) is 0 Å². The molecular formula is C13H8F3N3. The molecule has 2 aromatic rings. The van der Waals surface area contributed by atoms with Gasteiger partial charge in [0.05, 0.1) is 16.9 Å². The first kappa shape index (κ1) is 12.8. The van der Waals surface area contributed by atoms with E-state index in [4.69, 9.17) is 11.0 Å². The quantitative estimate of drug-likeness (QED) is 0.645. The van der Waals surface area contributed by atoms with Gasteiger partial charge >= 0.3 is 0 Å². The predicted molar refractivity (Wildman–Crippen MR) is 65.2 cm³/mol. The van der Waals surface area contributed by atoms with Gasteiger partial charge < -0.3 is 11.1 Å². The highest BCUT2D eigenvalue weighted by molar-refractivity contribution is 5.68. The zero-order valence-corrected chi connectivity index (χ0v) is 9.55. The SMILES string of the molecule is N#Cc1ccc(Nc2cc(F)cc(F)c2F)cc1N. The van der Waals surface area contributed by atoms with Crippen molar-refractivity contribution in [3.63, 3.8) is 0 Å². The van der Waals surface area contributed by atoms with Crippen molar-refractivity contribution in [2.24, 2.45) is 0 Å². The minimum absolute atomic E-state index is 0.185. The monoisotopic (exact) mass is 263 g/mol. The van der Waals surface area contributed by atoms with E-state index in [1.54, 1.807) is 0 Å². The molecule has 0 atom stereocenters. The highest BCUT2D eigenvalue weighted by Gasteiger charge is 2.11. The second-order valence-corrected chi connectivity index (χ2v) is 3.79. The molecule has 0 amide bonds. The van der Waals surface area contributed by atoms with E-state index in [1.807, 2.05) is 6.07 Å². The van der Waals surface area contributed by atoms with E-state index in [0.29, 0.717) is 11.8 Å². The lowest BCUT2D eigenvalue weighted by molar-refractivity contribution is 0.498. The lowest BCUT2D eigenvalue weighted by Gasteiger charge is -2.09. The molecule has 0 fully saturated rings. The number of hydrogen-bond acceptors (Lipinski definition) is 3. The molecule has 0 unspecified atom stereocenters. The Morgan fingerprint density at radius 1 is 1.11 bits per heavy atom. The standard InChI is InChI=1S/C13H8F3N3/c14-8-3-10(15)13(16)12(4-8)19-9-2-1-7(6-17)11(18)5-9/h1-5,19H,18H2. The van der Waals surface area contributed by atoms with Crippen LogP contribution < -0.4 is 11.1 Å². The van der Waals surface area contributed by atoms with Gasteiger partial charge in [-0.3, -0.25) is 0 Å². The number of nitrogens with zero attached hydrogens (tertiary/aromatic N) is 1. The van der Waals surface area contributed by atoms with Crippen molar-refractivity contribution in [2.75, 3.05) is 11.1 Å². The lowest BCUT2D eigenvalue weighted by atomic mass is 10.1. The van der Waals surface area contributed by atoms with E-state index in [0.717, 1.165) is 6.07 Å². The first-order valence-corrected chi connectivity index (χ1v) is 5.22. The van der Waals surface area contributed by atoms with Crippen LogP contribution in [0.3, 0.4) is 0 Å². The smallest absolute Gasteiger partial charge is 0.182 e. The normalized spacial score (nSPS) is 10.0. The minimum Gasteiger partial charge on any atom is -0.398 e. The number of hydrogen-bond donors (Lipinski definition) is 2. The molecule has 0 bridgehead atoms. The topological polar surface area (TPSA) is 61.8 Å². The molecule has 0 spiro atoms. The zero-order valence-electron chi connectivity index (χ0n) is 9.55. The second-order valence-electron chi connectivity index (χ2n) is 3.79. The molecule has 6 heteroatoms. The van der Waals surface area contributed by atoms with Crippen LogP contribution in [0.1, 0.15) is 5.56 Å². The van der Waals surface area contributed by atoms with Gasteiger partial charge in [0.15, 0.2) is 11.6 Å². The van der Waals surface area contributed by atoms with Crippen molar-refractivity contribution in [3.05, 3.63) is 53.3 Å². The Bertz CT molecular complexity index is 678. The van der Waals surface area contributed by atoms with E-state index in [-0.39, 0.29) is 16.9 Å². The highest BCUT2D eigenvalue weighted by atomic mass is 19.2. The molecule has 96 valence electrons. The molecule has 0 aliphatic heterocycles. The van der Waals surface area contributed by atoms with Crippen LogP contribution in [0.4, 0.5) is 30.2 Å². The van der Waals surface area contributed by atoms with Crippen molar-refractivity contribution >= 4 is 17.1 Å². The Morgan fingerprint density at radius 3 is 2.47 bits per heavy atom. The van der Waals surface area contributed by atoms with Crippen LogP contribution in [-0.4, -0.2) is 0 Å². The summed E-state index contributed by atoms with van der Waals surface area (Å²) in [5, 5.41) is 11.2. The molecule has 2 rings (SSSR count). The van der Waals surface area contributed by atoms with Gasteiger partial charge in [-0.1, -0.05) is 0 Å². The van der Waals surface area contributed by atoms with Gasteiger partial charge in [0.1, 0.15) is 11.9 Å². The summed E-state index contributed by atoms with van der Waals surface area (Å²) in [6.07, 6.45) is 0. The first-order valence-electron chi connectivity index (χ1n) is 5.22.